The summed E-state index contributed by atoms with van der Waals surface area (Å²) in [5, 5.41) is 0. The maximum absolute atomic E-state index is 12.6. The highest BCUT2D eigenvalue weighted by atomic mass is 16.2. The van der Waals surface area contributed by atoms with Crippen molar-refractivity contribution in [3.05, 3.63) is 59.4 Å². The summed E-state index contributed by atoms with van der Waals surface area (Å²) in [6.45, 7) is 2.24. The van der Waals surface area contributed by atoms with Gasteiger partial charge in [0.05, 0.1) is 0 Å². The molecule has 0 saturated carbocycles. The van der Waals surface area contributed by atoms with Crippen molar-refractivity contribution < 1.29 is 9.59 Å². The number of hydrogen-bond acceptors (Lipinski definition) is 3. The van der Waals surface area contributed by atoms with Crippen LogP contribution in [0.3, 0.4) is 0 Å². The first-order chi connectivity index (χ1) is 10.2. The molecule has 0 fully saturated rings. The number of Topliss-reactive ketones (excluding diaryl/α,β-unsaturated/α-hetero) is 1. The molecule has 0 atom stereocenters. The predicted octanol–water partition coefficient (Wildman–Crippen LogP) is 2.88. The van der Waals surface area contributed by atoms with Crippen molar-refractivity contribution in [3.8, 4) is 0 Å². The standard InChI is InChI=1S/C17H16N2O2/c1-12(20)13-7-8-16-14(11-13)5-4-10-19(16)17(21)15-6-2-3-9-18-15/h2-3,6-9,11H,4-5,10H2,1H3. The van der Waals surface area contributed by atoms with E-state index >= 15 is 0 Å². The van der Waals surface area contributed by atoms with Gasteiger partial charge in [-0.25, -0.2) is 0 Å². The minimum Gasteiger partial charge on any atom is -0.307 e. The van der Waals surface area contributed by atoms with Gasteiger partial charge >= 0.3 is 0 Å². The number of pyridine rings is 1. The number of benzene rings is 1. The second-order valence-corrected chi connectivity index (χ2v) is 5.17. The normalized spacial score (nSPS) is 13.7. The number of aromatic nitrogens is 1. The van der Waals surface area contributed by atoms with Gasteiger partial charge in [0.15, 0.2) is 5.78 Å². The molecule has 1 aromatic heterocycles. The third kappa shape index (κ3) is 2.57. The molecule has 1 aromatic carbocycles. The van der Waals surface area contributed by atoms with Gasteiger partial charge in [-0.05, 0) is 55.7 Å². The Hall–Kier alpha value is -2.49. The van der Waals surface area contributed by atoms with Crippen molar-refractivity contribution in [2.24, 2.45) is 0 Å². The SMILES string of the molecule is CC(=O)c1ccc2c(c1)CCCN2C(=O)c1ccccn1. The van der Waals surface area contributed by atoms with Crippen LogP contribution in [0.4, 0.5) is 5.69 Å². The highest BCUT2D eigenvalue weighted by Crippen LogP contribution is 2.29. The Morgan fingerprint density at radius 2 is 2.05 bits per heavy atom. The monoisotopic (exact) mass is 280 g/mol. The van der Waals surface area contributed by atoms with Gasteiger partial charge < -0.3 is 4.90 Å². The fourth-order valence-corrected chi connectivity index (χ4v) is 2.65. The van der Waals surface area contributed by atoms with E-state index in [0.717, 1.165) is 24.1 Å². The first kappa shape index (κ1) is 13.5. The Morgan fingerprint density at radius 3 is 2.76 bits per heavy atom. The van der Waals surface area contributed by atoms with Gasteiger partial charge in [-0.1, -0.05) is 6.07 Å². The van der Waals surface area contributed by atoms with Crippen LogP contribution in [0, 0.1) is 0 Å². The molecule has 4 heteroatoms. The van der Waals surface area contributed by atoms with Crippen LogP contribution in [-0.2, 0) is 6.42 Å². The van der Waals surface area contributed by atoms with Crippen molar-refractivity contribution in [1.82, 2.24) is 4.98 Å². The lowest BCUT2D eigenvalue weighted by atomic mass is 9.97. The smallest absolute Gasteiger partial charge is 0.276 e. The summed E-state index contributed by atoms with van der Waals surface area (Å²) in [5.74, 6) is -0.0434. The van der Waals surface area contributed by atoms with Crippen molar-refractivity contribution in [1.29, 1.82) is 0 Å². The molecule has 3 rings (SSSR count). The van der Waals surface area contributed by atoms with E-state index in [9.17, 15) is 9.59 Å². The van der Waals surface area contributed by atoms with Crippen molar-refractivity contribution in [2.75, 3.05) is 11.4 Å². The van der Waals surface area contributed by atoms with Crippen molar-refractivity contribution in [3.63, 3.8) is 0 Å². The molecule has 106 valence electrons. The molecule has 1 aliphatic heterocycles. The van der Waals surface area contributed by atoms with E-state index in [2.05, 4.69) is 4.98 Å². The van der Waals surface area contributed by atoms with Gasteiger partial charge in [0.25, 0.3) is 5.91 Å². The zero-order valence-electron chi connectivity index (χ0n) is 11.9. The molecule has 0 N–H and O–H groups in total. The first-order valence-corrected chi connectivity index (χ1v) is 7.03. The minimum atomic E-state index is -0.0906. The number of amides is 1. The second-order valence-electron chi connectivity index (χ2n) is 5.17. The summed E-state index contributed by atoms with van der Waals surface area (Å²) in [6.07, 6.45) is 3.41. The largest absolute Gasteiger partial charge is 0.307 e. The molecule has 0 bridgehead atoms. The maximum Gasteiger partial charge on any atom is 0.276 e. The van der Waals surface area contributed by atoms with E-state index in [1.807, 2.05) is 18.2 Å². The highest BCUT2D eigenvalue weighted by molar-refractivity contribution is 6.06. The Bertz CT molecular complexity index is 695. The molecule has 1 aliphatic rings. The van der Waals surface area contributed by atoms with Crippen LogP contribution in [0.25, 0.3) is 0 Å². The number of aryl methyl sites for hydroxylation is 1. The van der Waals surface area contributed by atoms with Gasteiger partial charge in [-0.15, -0.1) is 0 Å². The summed E-state index contributed by atoms with van der Waals surface area (Å²) in [5.41, 5.74) is 3.09. The van der Waals surface area contributed by atoms with Gasteiger partial charge in [0, 0.05) is 24.0 Å². The molecule has 0 aliphatic carbocycles. The highest BCUT2D eigenvalue weighted by Gasteiger charge is 2.24. The molecule has 1 amide bonds. The van der Waals surface area contributed by atoms with E-state index in [1.165, 1.54) is 0 Å². The summed E-state index contributed by atoms with van der Waals surface area (Å²) < 4.78 is 0. The van der Waals surface area contributed by atoms with Crippen molar-refractivity contribution >= 4 is 17.4 Å². The molecular formula is C17H16N2O2. The molecule has 0 spiro atoms. The number of rotatable bonds is 2. The number of carbonyl (C=O) groups excluding carboxylic acids is 2. The lowest BCUT2D eigenvalue weighted by Crippen LogP contribution is -2.36. The van der Waals surface area contributed by atoms with Gasteiger partial charge in [-0.3, -0.25) is 14.6 Å². The molecule has 21 heavy (non-hydrogen) atoms. The van der Waals surface area contributed by atoms with Crippen LogP contribution in [0.15, 0.2) is 42.6 Å². The van der Waals surface area contributed by atoms with E-state index in [4.69, 9.17) is 0 Å². The summed E-state index contributed by atoms with van der Waals surface area (Å²) >= 11 is 0. The Kier molecular flexibility index (Phi) is 3.52. The lowest BCUT2D eigenvalue weighted by Gasteiger charge is -2.29. The topological polar surface area (TPSA) is 50.3 Å². The van der Waals surface area contributed by atoms with E-state index in [1.54, 1.807) is 36.2 Å². The average molecular weight is 280 g/mol. The molecule has 2 aromatic rings. The maximum atomic E-state index is 12.6. The number of carbonyl (C=O) groups is 2. The number of anilines is 1. The summed E-state index contributed by atoms with van der Waals surface area (Å²) in [6, 6.07) is 10.9. The molecule has 2 heterocycles. The fourth-order valence-electron chi connectivity index (χ4n) is 2.65. The summed E-state index contributed by atoms with van der Waals surface area (Å²) in [4.78, 5) is 29.9. The van der Waals surface area contributed by atoms with Gasteiger partial charge in [0.1, 0.15) is 5.69 Å². The molecule has 0 unspecified atom stereocenters. The first-order valence-electron chi connectivity index (χ1n) is 7.03. The Balaban J connectivity index is 1.97. The molecule has 0 radical (unpaired) electrons. The van der Waals surface area contributed by atoms with Crippen LogP contribution in [0.1, 0.15) is 39.8 Å². The molecule has 0 saturated heterocycles. The zero-order valence-corrected chi connectivity index (χ0v) is 11.9. The molecule has 4 nitrogen and oxygen atoms in total. The average Bonchev–Trinajstić information content (AvgIpc) is 2.54. The number of ketones is 1. The zero-order chi connectivity index (χ0) is 14.8. The van der Waals surface area contributed by atoms with Crippen LogP contribution in [0.5, 0.6) is 0 Å². The third-order valence-corrected chi connectivity index (χ3v) is 3.73. The van der Waals surface area contributed by atoms with Crippen LogP contribution >= 0.6 is 0 Å². The number of fused-ring (bicyclic) bond motifs is 1. The second kappa shape index (κ2) is 5.48. The van der Waals surface area contributed by atoms with Gasteiger partial charge in [0.2, 0.25) is 0 Å². The van der Waals surface area contributed by atoms with E-state index in [-0.39, 0.29) is 11.7 Å². The summed E-state index contributed by atoms with van der Waals surface area (Å²) in [7, 11) is 0. The van der Waals surface area contributed by atoms with Gasteiger partial charge in [-0.2, -0.15) is 0 Å². The van der Waals surface area contributed by atoms with Crippen LogP contribution in [0.2, 0.25) is 0 Å². The van der Waals surface area contributed by atoms with Crippen molar-refractivity contribution in [2.45, 2.75) is 19.8 Å². The molecular weight excluding hydrogens is 264 g/mol. The number of nitrogens with zero attached hydrogens (tertiary/aromatic N) is 2. The predicted molar refractivity (Wildman–Crippen MR) is 80.7 cm³/mol. The Labute approximate surface area is 123 Å². The van der Waals surface area contributed by atoms with Crippen LogP contribution in [-0.4, -0.2) is 23.2 Å². The minimum absolute atomic E-state index is 0.0472. The van der Waals surface area contributed by atoms with E-state index in [0.29, 0.717) is 17.8 Å². The Morgan fingerprint density at radius 1 is 1.19 bits per heavy atom. The van der Waals surface area contributed by atoms with Crippen LogP contribution < -0.4 is 4.90 Å². The fraction of sp³-hybridized carbons (Fsp3) is 0.235. The third-order valence-electron chi connectivity index (χ3n) is 3.73. The lowest BCUT2D eigenvalue weighted by molar-refractivity contribution is 0.0979. The number of hydrogen-bond donors (Lipinski definition) is 0. The quantitative estimate of drug-likeness (QED) is 0.795. The van der Waals surface area contributed by atoms with E-state index < -0.39 is 0 Å².